The van der Waals surface area contributed by atoms with Crippen LogP contribution in [0.2, 0.25) is 0 Å². The van der Waals surface area contributed by atoms with Gasteiger partial charge in [0, 0.05) is 42.6 Å². The van der Waals surface area contributed by atoms with Gasteiger partial charge >= 0.3 is 0 Å². The van der Waals surface area contributed by atoms with Gasteiger partial charge in [-0.2, -0.15) is 0 Å². The Balaban J connectivity index is 3.21. The van der Waals surface area contributed by atoms with Gasteiger partial charge < -0.3 is 10.2 Å². The molecule has 1 aromatic carbocycles. The quantitative estimate of drug-likeness (QED) is 0.607. The van der Waals surface area contributed by atoms with Gasteiger partial charge in [0.15, 0.2) is 0 Å². The summed E-state index contributed by atoms with van der Waals surface area (Å²) in [4.78, 5) is 13.0. The first kappa shape index (κ1) is 16.3. The van der Waals surface area contributed by atoms with Crippen LogP contribution in [0.5, 0.6) is 0 Å². The van der Waals surface area contributed by atoms with E-state index in [1.165, 1.54) is 0 Å². The zero-order valence-corrected chi connectivity index (χ0v) is 13.0. The highest BCUT2D eigenvalue weighted by molar-refractivity contribution is 5.64. The lowest BCUT2D eigenvalue weighted by Crippen LogP contribution is -2.34. The van der Waals surface area contributed by atoms with Crippen molar-refractivity contribution >= 4 is 17.1 Å². The molecular formula is C15H25N3O2. The molecule has 112 valence electrons. The first-order valence-electron chi connectivity index (χ1n) is 7.15. The van der Waals surface area contributed by atoms with Crippen LogP contribution in [0.1, 0.15) is 34.6 Å². The van der Waals surface area contributed by atoms with E-state index in [0.29, 0.717) is 12.0 Å². The summed E-state index contributed by atoms with van der Waals surface area (Å²) in [6, 6.07) is 5.53. The summed E-state index contributed by atoms with van der Waals surface area (Å²) in [6.45, 7) is 12.1. The van der Waals surface area contributed by atoms with Crippen LogP contribution < -0.4 is 10.2 Å². The number of nitrogens with zero attached hydrogens (tertiary/aromatic N) is 2. The Bertz CT molecular complexity index is 458. The molecule has 1 N–H and O–H groups in total. The van der Waals surface area contributed by atoms with E-state index in [1.54, 1.807) is 12.1 Å². The van der Waals surface area contributed by atoms with E-state index in [-0.39, 0.29) is 10.6 Å². The van der Waals surface area contributed by atoms with Crippen molar-refractivity contribution in [3.05, 3.63) is 28.3 Å². The van der Waals surface area contributed by atoms with Gasteiger partial charge in [0.05, 0.1) is 4.92 Å². The van der Waals surface area contributed by atoms with Crippen LogP contribution in [0.25, 0.3) is 0 Å². The molecule has 0 aliphatic rings. The third kappa shape index (κ3) is 4.40. The van der Waals surface area contributed by atoms with Crippen molar-refractivity contribution in [2.24, 2.45) is 5.92 Å². The molecule has 5 nitrogen and oxygen atoms in total. The van der Waals surface area contributed by atoms with Gasteiger partial charge in [-0.15, -0.1) is 0 Å². The summed E-state index contributed by atoms with van der Waals surface area (Å²) in [5.41, 5.74) is 1.83. The van der Waals surface area contributed by atoms with Gasteiger partial charge in [-0.05, 0) is 32.8 Å². The minimum absolute atomic E-state index is 0.132. The number of hydrogen-bond donors (Lipinski definition) is 1. The van der Waals surface area contributed by atoms with Crippen molar-refractivity contribution in [2.75, 3.05) is 23.3 Å². The second-order valence-electron chi connectivity index (χ2n) is 5.67. The summed E-state index contributed by atoms with van der Waals surface area (Å²) >= 11 is 0. The van der Waals surface area contributed by atoms with Crippen molar-refractivity contribution in [3.8, 4) is 0 Å². The van der Waals surface area contributed by atoms with Crippen molar-refractivity contribution < 1.29 is 4.92 Å². The van der Waals surface area contributed by atoms with Gasteiger partial charge in [0.25, 0.3) is 5.69 Å². The Morgan fingerprint density at radius 1 is 1.25 bits per heavy atom. The molecule has 0 saturated heterocycles. The maximum atomic E-state index is 11.1. The number of rotatable bonds is 7. The van der Waals surface area contributed by atoms with Crippen LogP contribution in [0, 0.1) is 16.0 Å². The molecule has 0 aromatic heterocycles. The molecule has 0 radical (unpaired) electrons. The van der Waals surface area contributed by atoms with E-state index >= 15 is 0 Å². The summed E-state index contributed by atoms with van der Waals surface area (Å²) in [5.74, 6) is 0.499. The topological polar surface area (TPSA) is 58.4 Å². The fourth-order valence-electron chi connectivity index (χ4n) is 2.18. The number of nitro benzene ring substituents is 1. The maximum absolute atomic E-state index is 11.1. The molecule has 0 heterocycles. The third-order valence-electron chi connectivity index (χ3n) is 3.01. The van der Waals surface area contributed by atoms with Crippen molar-refractivity contribution in [1.82, 2.24) is 0 Å². The highest BCUT2D eigenvalue weighted by Gasteiger charge is 2.17. The van der Waals surface area contributed by atoms with E-state index in [2.05, 4.69) is 37.9 Å². The Morgan fingerprint density at radius 2 is 1.90 bits per heavy atom. The van der Waals surface area contributed by atoms with Crippen molar-refractivity contribution in [2.45, 2.75) is 40.7 Å². The van der Waals surface area contributed by atoms with Crippen LogP contribution >= 0.6 is 0 Å². The molecule has 5 heteroatoms. The molecule has 0 unspecified atom stereocenters. The first-order chi connectivity index (χ1) is 9.35. The number of anilines is 2. The van der Waals surface area contributed by atoms with Crippen LogP contribution in [0.15, 0.2) is 18.2 Å². The first-order valence-corrected chi connectivity index (χ1v) is 7.15. The summed E-state index contributed by atoms with van der Waals surface area (Å²) in [7, 11) is 0. The average molecular weight is 279 g/mol. The smallest absolute Gasteiger partial charge is 0.273 e. The van der Waals surface area contributed by atoms with Gasteiger partial charge in [0.2, 0.25) is 0 Å². The molecule has 0 saturated carbocycles. The van der Waals surface area contributed by atoms with Crippen molar-refractivity contribution in [1.29, 1.82) is 0 Å². The molecule has 0 atom stereocenters. The van der Waals surface area contributed by atoms with Gasteiger partial charge in [-0.1, -0.05) is 13.8 Å². The molecule has 0 aliphatic carbocycles. The van der Waals surface area contributed by atoms with Gasteiger partial charge in [-0.25, -0.2) is 0 Å². The van der Waals surface area contributed by atoms with E-state index in [1.807, 2.05) is 13.0 Å². The number of nitro groups is 1. The number of benzene rings is 1. The Kier molecular flexibility index (Phi) is 5.80. The normalized spacial score (nSPS) is 10.9. The molecular weight excluding hydrogens is 254 g/mol. The minimum Gasteiger partial charge on any atom is -0.385 e. The summed E-state index contributed by atoms with van der Waals surface area (Å²) in [6.07, 6.45) is 0. The largest absolute Gasteiger partial charge is 0.385 e. The van der Waals surface area contributed by atoms with E-state index in [9.17, 15) is 10.1 Å². The molecule has 1 aromatic rings. The molecule has 0 aliphatic heterocycles. The van der Waals surface area contributed by atoms with Crippen LogP contribution in [-0.4, -0.2) is 24.1 Å². The number of non-ortho nitro benzene ring substituents is 1. The Morgan fingerprint density at radius 3 is 2.35 bits per heavy atom. The highest BCUT2D eigenvalue weighted by Crippen LogP contribution is 2.28. The molecule has 1 rings (SSSR count). The summed E-state index contributed by atoms with van der Waals surface area (Å²) < 4.78 is 0. The fourth-order valence-corrected chi connectivity index (χ4v) is 2.18. The van der Waals surface area contributed by atoms with Crippen LogP contribution in [0.3, 0.4) is 0 Å². The maximum Gasteiger partial charge on any atom is 0.273 e. The van der Waals surface area contributed by atoms with E-state index in [0.717, 1.165) is 24.5 Å². The zero-order chi connectivity index (χ0) is 15.3. The second-order valence-corrected chi connectivity index (χ2v) is 5.67. The molecule has 0 amide bonds. The zero-order valence-electron chi connectivity index (χ0n) is 13.0. The van der Waals surface area contributed by atoms with Crippen molar-refractivity contribution in [3.63, 3.8) is 0 Å². The minimum atomic E-state index is -0.335. The highest BCUT2D eigenvalue weighted by atomic mass is 16.6. The fraction of sp³-hybridized carbons (Fsp3) is 0.600. The Hall–Kier alpha value is -1.78. The summed E-state index contributed by atoms with van der Waals surface area (Å²) in [5, 5.41) is 14.2. The number of hydrogen-bond acceptors (Lipinski definition) is 4. The monoisotopic (exact) mass is 279 g/mol. The molecule has 0 bridgehead atoms. The van der Waals surface area contributed by atoms with Crippen LogP contribution in [0.4, 0.5) is 17.1 Å². The lowest BCUT2D eigenvalue weighted by atomic mass is 10.1. The number of nitrogens with one attached hydrogen (secondary N) is 1. The third-order valence-corrected chi connectivity index (χ3v) is 3.01. The van der Waals surface area contributed by atoms with Gasteiger partial charge in [-0.3, -0.25) is 10.1 Å². The predicted octanol–water partition coefficient (Wildman–Crippen LogP) is 3.90. The Labute approximate surface area is 121 Å². The lowest BCUT2D eigenvalue weighted by Gasteiger charge is -2.31. The lowest BCUT2D eigenvalue weighted by molar-refractivity contribution is -0.384. The average Bonchev–Trinajstić information content (AvgIpc) is 2.35. The van der Waals surface area contributed by atoms with E-state index < -0.39 is 0 Å². The second kappa shape index (κ2) is 7.12. The van der Waals surface area contributed by atoms with E-state index in [4.69, 9.17) is 0 Å². The predicted molar refractivity (Wildman–Crippen MR) is 84.6 cm³/mol. The molecule has 0 spiro atoms. The van der Waals surface area contributed by atoms with Gasteiger partial charge in [0.1, 0.15) is 0 Å². The van der Waals surface area contributed by atoms with Crippen LogP contribution in [-0.2, 0) is 0 Å². The molecule has 0 fully saturated rings. The standard InChI is InChI=1S/C15H25N3O2/c1-6-16-13-7-14(9-15(8-13)18(19)20)17(12(4)5)10-11(2)3/h7-9,11-12,16H,6,10H2,1-5H3. The molecule has 20 heavy (non-hydrogen) atoms. The SMILES string of the molecule is CCNc1cc(N(CC(C)C)C(C)C)cc([N+](=O)[O-])c1.